The van der Waals surface area contributed by atoms with Crippen LogP contribution in [0, 0.1) is 11.7 Å². The third-order valence-corrected chi connectivity index (χ3v) is 8.86. The molecular weight excluding hydrogens is 509 g/mol. The van der Waals surface area contributed by atoms with Gasteiger partial charge in [-0.2, -0.15) is 0 Å². The fourth-order valence-electron chi connectivity index (χ4n) is 5.35. The monoisotopic (exact) mass is 545 g/mol. The SMILES string of the molecule is O=C(NCCCN1CCCC1)c1ccc(CCC2CSc3ccccc3N(Cc3ccccc3F)C2=O)cc1. The first-order valence-corrected chi connectivity index (χ1v) is 14.9. The molecule has 2 aliphatic rings. The zero-order valence-electron chi connectivity index (χ0n) is 22.3. The highest BCUT2D eigenvalue weighted by molar-refractivity contribution is 7.99. The molecule has 1 saturated heterocycles. The van der Waals surface area contributed by atoms with Crippen molar-refractivity contribution < 1.29 is 14.0 Å². The Morgan fingerprint density at radius 2 is 1.72 bits per heavy atom. The van der Waals surface area contributed by atoms with Crippen molar-refractivity contribution in [3.8, 4) is 0 Å². The van der Waals surface area contributed by atoms with E-state index in [0.717, 1.165) is 35.5 Å². The lowest BCUT2D eigenvalue weighted by Crippen LogP contribution is -2.36. The number of nitrogens with one attached hydrogen (secondary N) is 1. The molecule has 0 saturated carbocycles. The molecule has 1 N–H and O–H groups in total. The first-order chi connectivity index (χ1) is 19.1. The molecular formula is C32H36FN3O2S. The molecule has 5 rings (SSSR count). The van der Waals surface area contributed by atoms with Crippen molar-refractivity contribution in [2.24, 2.45) is 5.92 Å². The minimum Gasteiger partial charge on any atom is -0.352 e. The molecule has 39 heavy (non-hydrogen) atoms. The van der Waals surface area contributed by atoms with Crippen LogP contribution in [0.4, 0.5) is 10.1 Å². The molecule has 0 aromatic heterocycles. The van der Waals surface area contributed by atoms with Crippen LogP contribution in [0.1, 0.15) is 47.2 Å². The topological polar surface area (TPSA) is 52.7 Å². The Hall–Kier alpha value is -3.16. The molecule has 3 aromatic rings. The molecule has 1 atom stereocenters. The summed E-state index contributed by atoms with van der Waals surface area (Å²) in [5.74, 6) is 0.182. The maximum absolute atomic E-state index is 14.5. The predicted molar refractivity (Wildman–Crippen MR) is 156 cm³/mol. The second kappa shape index (κ2) is 13.3. The van der Waals surface area contributed by atoms with Crippen molar-refractivity contribution >= 4 is 29.3 Å². The van der Waals surface area contributed by atoms with E-state index in [2.05, 4.69) is 10.2 Å². The minimum absolute atomic E-state index is 0.0284. The molecule has 0 aliphatic carbocycles. The number of benzene rings is 3. The Labute approximate surface area is 234 Å². The largest absolute Gasteiger partial charge is 0.352 e. The molecule has 0 radical (unpaired) electrons. The average molecular weight is 546 g/mol. The van der Waals surface area contributed by atoms with Crippen molar-refractivity contribution in [3.63, 3.8) is 0 Å². The number of amides is 2. The van der Waals surface area contributed by atoms with Gasteiger partial charge in [0.15, 0.2) is 0 Å². The predicted octanol–water partition coefficient (Wildman–Crippen LogP) is 5.93. The van der Waals surface area contributed by atoms with Crippen LogP contribution >= 0.6 is 11.8 Å². The van der Waals surface area contributed by atoms with E-state index in [1.54, 1.807) is 34.9 Å². The molecule has 3 aromatic carbocycles. The lowest BCUT2D eigenvalue weighted by atomic mass is 9.98. The van der Waals surface area contributed by atoms with Crippen molar-refractivity contribution in [2.45, 2.75) is 43.5 Å². The van der Waals surface area contributed by atoms with Crippen LogP contribution in [0.3, 0.4) is 0 Å². The molecule has 2 aliphatic heterocycles. The van der Waals surface area contributed by atoms with Gasteiger partial charge in [-0.05, 0) is 87.6 Å². The van der Waals surface area contributed by atoms with Crippen molar-refractivity contribution in [2.75, 3.05) is 36.8 Å². The highest BCUT2D eigenvalue weighted by Crippen LogP contribution is 2.38. The van der Waals surface area contributed by atoms with Crippen LogP contribution < -0.4 is 10.2 Å². The number of para-hydroxylation sites is 1. The van der Waals surface area contributed by atoms with Gasteiger partial charge in [0.2, 0.25) is 5.91 Å². The molecule has 0 bridgehead atoms. The Morgan fingerprint density at radius 3 is 2.51 bits per heavy atom. The number of carbonyl (C=O) groups excluding carboxylic acids is 2. The van der Waals surface area contributed by atoms with E-state index in [9.17, 15) is 14.0 Å². The summed E-state index contributed by atoms with van der Waals surface area (Å²) in [6.07, 6.45) is 4.96. The smallest absolute Gasteiger partial charge is 0.251 e. The Balaban J connectivity index is 1.18. The molecule has 204 valence electrons. The number of thioether (sulfide) groups is 1. The number of halogens is 1. The van der Waals surface area contributed by atoms with Gasteiger partial charge in [-0.15, -0.1) is 11.8 Å². The fraction of sp³-hybridized carbons (Fsp3) is 0.375. The second-order valence-electron chi connectivity index (χ2n) is 10.4. The maximum atomic E-state index is 14.5. The Kier molecular flexibility index (Phi) is 9.32. The maximum Gasteiger partial charge on any atom is 0.251 e. The number of hydrogen-bond acceptors (Lipinski definition) is 4. The third kappa shape index (κ3) is 7.08. The zero-order valence-corrected chi connectivity index (χ0v) is 23.1. The van der Waals surface area contributed by atoms with Gasteiger partial charge in [-0.3, -0.25) is 9.59 Å². The van der Waals surface area contributed by atoms with Crippen LogP contribution in [-0.2, 0) is 17.8 Å². The average Bonchev–Trinajstić information content (AvgIpc) is 3.44. The van der Waals surface area contributed by atoms with E-state index in [1.165, 1.54) is 32.0 Å². The van der Waals surface area contributed by atoms with Gasteiger partial charge < -0.3 is 15.1 Å². The summed E-state index contributed by atoms with van der Waals surface area (Å²) < 4.78 is 14.5. The summed E-state index contributed by atoms with van der Waals surface area (Å²) in [5, 5.41) is 3.03. The number of anilines is 1. The molecule has 2 heterocycles. The molecule has 5 nitrogen and oxygen atoms in total. The molecule has 2 amide bonds. The number of rotatable bonds is 10. The zero-order chi connectivity index (χ0) is 27.0. The van der Waals surface area contributed by atoms with Crippen LogP contribution in [0.25, 0.3) is 0 Å². The van der Waals surface area contributed by atoms with Crippen LogP contribution in [-0.4, -0.2) is 48.6 Å². The molecule has 1 unspecified atom stereocenters. The second-order valence-corrected chi connectivity index (χ2v) is 11.4. The molecule has 0 spiro atoms. The van der Waals surface area contributed by atoms with Crippen molar-refractivity contribution in [1.82, 2.24) is 10.2 Å². The van der Waals surface area contributed by atoms with E-state index >= 15 is 0 Å². The summed E-state index contributed by atoms with van der Waals surface area (Å²) in [6.45, 7) is 4.29. The summed E-state index contributed by atoms with van der Waals surface area (Å²) in [5.41, 5.74) is 3.11. The standard InChI is InChI=1S/C32H36FN3O2S/c33-28-9-2-1-8-26(28)22-36-29-10-3-4-11-30(29)39-23-27(32(36)38)17-14-24-12-15-25(16-13-24)31(37)34-18-7-21-35-19-5-6-20-35/h1-4,8-13,15-16,27H,5-7,14,17-23H2,(H,34,37). The fourth-order valence-corrected chi connectivity index (χ4v) is 6.54. The van der Waals surface area contributed by atoms with Gasteiger partial charge in [-0.25, -0.2) is 4.39 Å². The molecule has 1 fully saturated rings. The lowest BCUT2D eigenvalue weighted by Gasteiger charge is -2.26. The first kappa shape index (κ1) is 27.4. The summed E-state index contributed by atoms with van der Waals surface area (Å²) in [4.78, 5) is 31.5. The van der Waals surface area contributed by atoms with Crippen LogP contribution in [0.15, 0.2) is 77.7 Å². The summed E-state index contributed by atoms with van der Waals surface area (Å²) in [7, 11) is 0. The number of aryl methyl sites for hydroxylation is 1. The van der Waals surface area contributed by atoms with Crippen LogP contribution in [0.5, 0.6) is 0 Å². The van der Waals surface area contributed by atoms with E-state index in [4.69, 9.17) is 0 Å². The van der Waals surface area contributed by atoms with E-state index < -0.39 is 0 Å². The Morgan fingerprint density at radius 1 is 0.974 bits per heavy atom. The van der Waals surface area contributed by atoms with Crippen molar-refractivity contribution in [1.29, 1.82) is 0 Å². The van der Waals surface area contributed by atoms with Crippen LogP contribution in [0.2, 0.25) is 0 Å². The van der Waals surface area contributed by atoms with Gasteiger partial charge in [0.1, 0.15) is 5.82 Å². The van der Waals surface area contributed by atoms with E-state index in [0.29, 0.717) is 29.8 Å². The lowest BCUT2D eigenvalue weighted by molar-refractivity contribution is -0.122. The molecule has 7 heteroatoms. The Bertz CT molecular complexity index is 1280. The number of hydrogen-bond donors (Lipinski definition) is 1. The van der Waals surface area contributed by atoms with Gasteiger partial charge in [0.05, 0.1) is 12.2 Å². The first-order valence-electron chi connectivity index (χ1n) is 13.9. The van der Waals surface area contributed by atoms with Gasteiger partial charge in [-0.1, -0.05) is 42.5 Å². The van der Waals surface area contributed by atoms with Gasteiger partial charge >= 0.3 is 0 Å². The number of fused-ring (bicyclic) bond motifs is 1. The van der Waals surface area contributed by atoms with Gasteiger partial charge in [0.25, 0.3) is 5.91 Å². The van der Waals surface area contributed by atoms with Crippen molar-refractivity contribution in [3.05, 3.63) is 95.3 Å². The van der Waals surface area contributed by atoms with Gasteiger partial charge in [0, 0.05) is 34.2 Å². The minimum atomic E-state index is -0.299. The quantitative estimate of drug-likeness (QED) is 0.321. The highest BCUT2D eigenvalue weighted by Gasteiger charge is 2.31. The summed E-state index contributed by atoms with van der Waals surface area (Å²) in [6, 6.07) is 22.2. The normalized spacial score (nSPS) is 17.6. The number of likely N-dealkylation sites (tertiary alicyclic amines) is 1. The number of carbonyl (C=O) groups is 2. The third-order valence-electron chi connectivity index (χ3n) is 7.63. The number of nitrogens with zero attached hydrogens (tertiary/aromatic N) is 2. The summed E-state index contributed by atoms with van der Waals surface area (Å²) >= 11 is 1.69. The van der Waals surface area contributed by atoms with E-state index in [1.807, 2.05) is 48.5 Å². The van der Waals surface area contributed by atoms with E-state index in [-0.39, 0.29) is 30.1 Å². The highest BCUT2D eigenvalue weighted by atomic mass is 32.2.